The van der Waals surface area contributed by atoms with Crippen molar-refractivity contribution < 1.29 is 4.79 Å². The topological polar surface area (TPSA) is 58.9 Å². The molecule has 0 atom stereocenters. The molecular formula is C17H23BrN4O. The third kappa shape index (κ3) is 4.65. The Labute approximate surface area is 145 Å². The van der Waals surface area contributed by atoms with Crippen LogP contribution in [0.2, 0.25) is 0 Å². The van der Waals surface area contributed by atoms with Crippen molar-refractivity contribution >= 4 is 21.8 Å². The molecule has 1 aromatic heterocycles. The number of aryl methyl sites for hydroxylation is 1. The highest BCUT2D eigenvalue weighted by atomic mass is 79.9. The molecule has 5 nitrogen and oxygen atoms in total. The zero-order valence-electron chi connectivity index (χ0n) is 13.8. The van der Waals surface area contributed by atoms with Crippen LogP contribution in [-0.4, -0.2) is 35.3 Å². The van der Waals surface area contributed by atoms with E-state index in [0.717, 1.165) is 34.5 Å². The molecule has 0 aliphatic heterocycles. The molecule has 2 rings (SSSR count). The quantitative estimate of drug-likeness (QED) is 0.728. The van der Waals surface area contributed by atoms with Gasteiger partial charge < -0.3 is 10.6 Å². The molecule has 2 N–H and O–H groups in total. The maximum absolute atomic E-state index is 12.4. The highest BCUT2D eigenvalue weighted by molar-refractivity contribution is 9.10. The summed E-state index contributed by atoms with van der Waals surface area (Å²) in [5.41, 5.74) is 3.47. The van der Waals surface area contributed by atoms with E-state index in [1.165, 1.54) is 0 Å². The van der Waals surface area contributed by atoms with Crippen molar-refractivity contribution in [2.75, 3.05) is 19.6 Å². The molecule has 0 radical (unpaired) electrons. The fraction of sp³-hybridized carbons (Fsp3) is 0.412. The molecule has 0 unspecified atom stereocenters. The second-order valence-corrected chi connectivity index (χ2v) is 6.36. The molecule has 0 aliphatic rings. The smallest absolute Gasteiger partial charge is 0.255 e. The molecule has 0 fully saturated rings. The van der Waals surface area contributed by atoms with E-state index in [1.807, 2.05) is 37.6 Å². The van der Waals surface area contributed by atoms with Gasteiger partial charge in [0.2, 0.25) is 0 Å². The van der Waals surface area contributed by atoms with Gasteiger partial charge in [-0.15, -0.1) is 0 Å². The predicted molar refractivity (Wildman–Crippen MR) is 95.8 cm³/mol. The Kier molecular flexibility index (Phi) is 6.36. The van der Waals surface area contributed by atoms with E-state index in [0.29, 0.717) is 18.7 Å². The van der Waals surface area contributed by atoms with Crippen molar-refractivity contribution in [2.45, 2.75) is 27.3 Å². The number of likely N-dealkylation sites (N-methyl/N-ethyl adjacent to an activating group) is 1. The Hall–Kier alpha value is -1.66. The van der Waals surface area contributed by atoms with E-state index < -0.39 is 0 Å². The highest BCUT2D eigenvalue weighted by Crippen LogP contribution is 2.17. The molecule has 124 valence electrons. The SMILES string of the molecule is CCNCCNC(=O)c1c(C)nn(Cc2cccc(Br)c2)c1C. The van der Waals surface area contributed by atoms with Crippen molar-refractivity contribution in [3.8, 4) is 0 Å². The number of rotatable bonds is 7. The molecule has 0 spiro atoms. The van der Waals surface area contributed by atoms with E-state index in [2.05, 4.69) is 43.8 Å². The van der Waals surface area contributed by atoms with Crippen LogP contribution in [0.5, 0.6) is 0 Å². The van der Waals surface area contributed by atoms with E-state index in [9.17, 15) is 4.79 Å². The van der Waals surface area contributed by atoms with Gasteiger partial charge in [-0.05, 0) is 38.1 Å². The van der Waals surface area contributed by atoms with Crippen LogP contribution in [0.4, 0.5) is 0 Å². The first-order chi connectivity index (χ1) is 11.0. The highest BCUT2D eigenvalue weighted by Gasteiger charge is 2.18. The maximum atomic E-state index is 12.4. The van der Waals surface area contributed by atoms with Crippen molar-refractivity contribution in [3.63, 3.8) is 0 Å². The Morgan fingerprint density at radius 2 is 2.09 bits per heavy atom. The number of hydrogen-bond acceptors (Lipinski definition) is 3. The summed E-state index contributed by atoms with van der Waals surface area (Å²) in [6.45, 7) is 8.80. The number of amides is 1. The van der Waals surface area contributed by atoms with Crippen LogP contribution in [0.25, 0.3) is 0 Å². The molecule has 1 heterocycles. The molecule has 0 saturated carbocycles. The van der Waals surface area contributed by atoms with Crippen molar-refractivity contribution in [1.82, 2.24) is 20.4 Å². The van der Waals surface area contributed by atoms with Crippen molar-refractivity contribution in [3.05, 3.63) is 51.3 Å². The molecule has 23 heavy (non-hydrogen) atoms. The monoisotopic (exact) mass is 378 g/mol. The second kappa shape index (κ2) is 8.26. The first-order valence-electron chi connectivity index (χ1n) is 7.80. The summed E-state index contributed by atoms with van der Waals surface area (Å²) in [6, 6.07) is 8.11. The molecule has 1 amide bonds. The zero-order chi connectivity index (χ0) is 16.8. The minimum atomic E-state index is -0.0570. The number of nitrogens with zero attached hydrogens (tertiary/aromatic N) is 2. The summed E-state index contributed by atoms with van der Waals surface area (Å²) >= 11 is 3.48. The third-order valence-corrected chi connectivity index (χ3v) is 4.16. The minimum Gasteiger partial charge on any atom is -0.351 e. The normalized spacial score (nSPS) is 10.8. The van der Waals surface area contributed by atoms with E-state index in [-0.39, 0.29) is 5.91 Å². The van der Waals surface area contributed by atoms with Gasteiger partial charge in [-0.2, -0.15) is 5.10 Å². The van der Waals surface area contributed by atoms with E-state index in [1.54, 1.807) is 0 Å². The fourth-order valence-electron chi connectivity index (χ4n) is 2.52. The standard InChI is InChI=1S/C17H23BrN4O/c1-4-19-8-9-20-17(23)16-12(2)21-22(13(16)3)11-14-6-5-7-15(18)10-14/h5-7,10,19H,4,8-9,11H2,1-3H3,(H,20,23). The third-order valence-electron chi connectivity index (χ3n) is 3.67. The maximum Gasteiger partial charge on any atom is 0.255 e. The number of carbonyl (C=O) groups excluding carboxylic acids is 1. The molecule has 6 heteroatoms. The first-order valence-corrected chi connectivity index (χ1v) is 8.59. The minimum absolute atomic E-state index is 0.0570. The van der Waals surface area contributed by atoms with Crippen LogP contribution in [0.1, 0.15) is 34.2 Å². The number of aromatic nitrogens is 2. The number of hydrogen-bond donors (Lipinski definition) is 2. The number of halogens is 1. The summed E-state index contributed by atoms with van der Waals surface area (Å²) in [7, 11) is 0. The van der Waals surface area contributed by atoms with Gasteiger partial charge in [0.1, 0.15) is 0 Å². The molecular weight excluding hydrogens is 356 g/mol. The van der Waals surface area contributed by atoms with Crippen molar-refractivity contribution in [2.24, 2.45) is 0 Å². The van der Waals surface area contributed by atoms with Crippen molar-refractivity contribution in [1.29, 1.82) is 0 Å². The Morgan fingerprint density at radius 3 is 2.78 bits per heavy atom. The van der Waals surface area contributed by atoms with Gasteiger partial charge in [0, 0.05) is 23.3 Å². The second-order valence-electron chi connectivity index (χ2n) is 5.44. The number of benzene rings is 1. The lowest BCUT2D eigenvalue weighted by Crippen LogP contribution is -2.32. The zero-order valence-corrected chi connectivity index (χ0v) is 15.4. The van der Waals surface area contributed by atoms with Gasteiger partial charge in [0.05, 0.1) is 17.8 Å². The van der Waals surface area contributed by atoms with Gasteiger partial charge in [-0.25, -0.2) is 0 Å². The first kappa shape index (κ1) is 17.7. The molecule has 2 aromatic rings. The lowest BCUT2D eigenvalue weighted by Gasteiger charge is -2.07. The molecule has 1 aromatic carbocycles. The predicted octanol–water partition coefficient (Wildman–Crippen LogP) is 2.65. The average molecular weight is 379 g/mol. The molecule has 0 saturated heterocycles. The van der Waals surface area contributed by atoms with E-state index in [4.69, 9.17) is 0 Å². The van der Waals surface area contributed by atoms with Crippen LogP contribution >= 0.6 is 15.9 Å². The average Bonchev–Trinajstić information content (AvgIpc) is 2.78. The Morgan fingerprint density at radius 1 is 1.30 bits per heavy atom. The lowest BCUT2D eigenvalue weighted by atomic mass is 10.1. The Balaban J connectivity index is 2.11. The summed E-state index contributed by atoms with van der Waals surface area (Å²) < 4.78 is 2.92. The van der Waals surface area contributed by atoms with Gasteiger partial charge in [-0.1, -0.05) is 35.0 Å². The van der Waals surface area contributed by atoms with Gasteiger partial charge >= 0.3 is 0 Å². The molecule has 0 aliphatic carbocycles. The molecule has 0 bridgehead atoms. The lowest BCUT2D eigenvalue weighted by molar-refractivity contribution is 0.0952. The summed E-state index contributed by atoms with van der Waals surface area (Å²) in [5.74, 6) is -0.0570. The van der Waals surface area contributed by atoms with E-state index >= 15 is 0 Å². The largest absolute Gasteiger partial charge is 0.351 e. The Bertz CT molecular complexity index is 681. The fourth-order valence-corrected chi connectivity index (χ4v) is 2.96. The number of nitrogens with one attached hydrogen (secondary N) is 2. The van der Waals surface area contributed by atoms with Gasteiger partial charge in [0.15, 0.2) is 0 Å². The van der Waals surface area contributed by atoms with Crippen LogP contribution in [-0.2, 0) is 6.54 Å². The van der Waals surface area contributed by atoms with Crippen LogP contribution in [0.3, 0.4) is 0 Å². The van der Waals surface area contributed by atoms with Gasteiger partial charge in [0.25, 0.3) is 5.91 Å². The van der Waals surface area contributed by atoms with Crippen LogP contribution in [0, 0.1) is 13.8 Å². The van der Waals surface area contributed by atoms with Crippen LogP contribution in [0.15, 0.2) is 28.7 Å². The number of carbonyl (C=O) groups is 1. The summed E-state index contributed by atoms with van der Waals surface area (Å²) in [6.07, 6.45) is 0. The summed E-state index contributed by atoms with van der Waals surface area (Å²) in [4.78, 5) is 12.4. The summed E-state index contributed by atoms with van der Waals surface area (Å²) in [5, 5.41) is 10.7. The van der Waals surface area contributed by atoms with Gasteiger partial charge in [-0.3, -0.25) is 9.48 Å². The van der Waals surface area contributed by atoms with Crippen LogP contribution < -0.4 is 10.6 Å².